The normalized spacial score (nSPS) is 18.6. The molecule has 16 heteroatoms. The third kappa shape index (κ3) is 13.5. The highest BCUT2D eigenvalue weighted by Gasteiger charge is 2.44. The number of Topliss-reactive ketones (excluding diaryl/α,β-unsaturated/α-hetero) is 1. The van der Waals surface area contributed by atoms with Gasteiger partial charge in [0.25, 0.3) is 11.8 Å². The van der Waals surface area contributed by atoms with E-state index < -0.39 is 59.6 Å². The number of nitrogens with zero attached hydrogens (tertiary/aromatic N) is 4. The smallest absolute Gasteiger partial charge is 0.326 e. The van der Waals surface area contributed by atoms with Crippen molar-refractivity contribution >= 4 is 47.2 Å². The van der Waals surface area contributed by atoms with Gasteiger partial charge >= 0.3 is 5.97 Å². The Kier molecular flexibility index (Phi) is 20.3. The summed E-state index contributed by atoms with van der Waals surface area (Å²) < 4.78 is 11.9. The van der Waals surface area contributed by atoms with Gasteiger partial charge in [0.15, 0.2) is 5.78 Å². The Morgan fingerprint density at radius 1 is 0.922 bits per heavy atom. The van der Waals surface area contributed by atoms with Crippen molar-refractivity contribution in [2.75, 3.05) is 41.4 Å². The number of hydrogen-bond acceptors (Lipinski definition) is 10. The number of nitrogens with one attached hydrogen (secondary N) is 1. The Labute approximate surface area is 379 Å². The summed E-state index contributed by atoms with van der Waals surface area (Å²) in [6.07, 6.45) is 3.76. The van der Waals surface area contributed by atoms with Gasteiger partial charge in [-0.2, -0.15) is 0 Å². The van der Waals surface area contributed by atoms with E-state index in [4.69, 9.17) is 9.47 Å². The van der Waals surface area contributed by atoms with Gasteiger partial charge in [-0.15, -0.1) is 0 Å². The summed E-state index contributed by atoms with van der Waals surface area (Å²) in [5.74, 6) is -5.38. The average Bonchev–Trinajstić information content (AvgIpc) is 3.88. The molecule has 0 aliphatic carbocycles. The van der Waals surface area contributed by atoms with Crippen LogP contribution in [0.4, 0.5) is 0 Å². The monoisotopic (exact) mass is 896 g/mol. The van der Waals surface area contributed by atoms with Gasteiger partial charge in [-0.05, 0) is 56.9 Å². The van der Waals surface area contributed by atoms with Crippen LogP contribution in [-0.2, 0) is 54.3 Å². The van der Waals surface area contributed by atoms with Crippen molar-refractivity contribution in [2.45, 2.75) is 142 Å². The van der Waals surface area contributed by atoms with Crippen LogP contribution in [0.15, 0.2) is 42.5 Å². The molecule has 2 aliphatic rings. The summed E-state index contributed by atoms with van der Waals surface area (Å²) in [6.45, 7) is 13.3. The van der Waals surface area contributed by atoms with Crippen LogP contribution in [0.1, 0.15) is 105 Å². The summed E-state index contributed by atoms with van der Waals surface area (Å²) in [4.78, 5) is 111. The highest BCUT2D eigenvalue weighted by molar-refractivity contribution is 6.12. The van der Waals surface area contributed by atoms with E-state index in [0.717, 1.165) is 10.5 Å². The molecule has 1 aromatic rings. The standard InChI is InChI=1S/C48H73N5O11/c1-12-31(4)43(50(8)46(60)34(30(2)3)28-38(54)48(6,7)51(9)39(55)22-16-17-25-53-40(56)23-24-41(53)57)37(63-10)29-42(58)52-26-18-21-36(52)44(64-11)32(5)45(59)49-35(47(61)62)27-33-19-14-13-15-20-33/h13-15,19-20,23-24,30-32,34-37,43-44H,12,16-18,21-22,25-29H2,1-11H3,(H,49,59)(H,61,62)/t31-,32+,34-,35-,36-,37+,43-,44+/m0/s1. The lowest BCUT2D eigenvalue weighted by Gasteiger charge is -2.41. The minimum Gasteiger partial charge on any atom is -0.480 e. The van der Waals surface area contributed by atoms with Crippen molar-refractivity contribution in [1.29, 1.82) is 0 Å². The fourth-order valence-corrected chi connectivity index (χ4v) is 8.84. The maximum atomic E-state index is 14.5. The zero-order valence-electron chi connectivity index (χ0n) is 39.8. The molecule has 0 spiro atoms. The number of ether oxygens (including phenoxy) is 2. The fourth-order valence-electron chi connectivity index (χ4n) is 8.84. The molecular formula is C48H73N5O11. The minimum atomic E-state index is -1.24. The fraction of sp³-hybridized carbons (Fsp3) is 0.667. The topological polar surface area (TPSA) is 200 Å². The van der Waals surface area contributed by atoms with Crippen molar-refractivity contribution in [2.24, 2.45) is 23.7 Å². The van der Waals surface area contributed by atoms with E-state index in [0.29, 0.717) is 38.6 Å². The van der Waals surface area contributed by atoms with Crippen LogP contribution >= 0.6 is 0 Å². The maximum absolute atomic E-state index is 14.5. The first-order valence-electron chi connectivity index (χ1n) is 22.6. The second-order valence-corrected chi connectivity index (χ2v) is 18.3. The van der Waals surface area contributed by atoms with Crippen molar-refractivity contribution < 1.29 is 52.9 Å². The lowest BCUT2D eigenvalue weighted by Crippen LogP contribution is -2.55. The predicted molar refractivity (Wildman–Crippen MR) is 240 cm³/mol. The summed E-state index contributed by atoms with van der Waals surface area (Å²) in [7, 11) is 6.22. The Balaban J connectivity index is 1.71. The van der Waals surface area contributed by atoms with Crippen molar-refractivity contribution in [1.82, 2.24) is 24.9 Å². The highest BCUT2D eigenvalue weighted by atomic mass is 16.5. The SMILES string of the molecule is CC[C@H](C)[C@@H]([C@@H](CC(=O)N1CCC[C@H]1[C@H](OC)[C@@H](C)C(=O)N[C@@H](Cc1ccccc1)C(=O)O)OC)N(C)C(=O)[C@@H](CC(=O)C(C)(C)N(C)C(=O)CCCCN1C(=O)C=CC1=O)C(C)C. The first kappa shape index (κ1) is 53.4. The Morgan fingerprint density at radius 3 is 2.09 bits per heavy atom. The number of benzene rings is 1. The summed E-state index contributed by atoms with van der Waals surface area (Å²) in [6, 6.07) is 6.85. The van der Waals surface area contributed by atoms with Crippen molar-refractivity contribution in [3.05, 3.63) is 48.0 Å². The summed E-state index contributed by atoms with van der Waals surface area (Å²) in [5.41, 5.74) is -0.476. The molecule has 1 aromatic carbocycles. The number of amides is 6. The average molecular weight is 896 g/mol. The van der Waals surface area contributed by atoms with E-state index in [1.807, 2.05) is 33.8 Å². The van der Waals surface area contributed by atoms with Crippen LogP contribution in [0, 0.1) is 23.7 Å². The molecule has 0 radical (unpaired) electrons. The molecule has 1 saturated heterocycles. The van der Waals surface area contributed by atoms with E-state index in [1.165, 1.54) is 31.3 Å². The number of rotatable bonds is 26. The predicted octanol–water partition coefficient (Wildman–Crippen LogP) is 4.28. The lowest BCUT2D eigenvalue weighted by atomic mass is 9.82. The molecule has 8 atom stereocenters. The van der Waals surface area contributed by atoms with E-state index >= 15 is 0 Å². The number of carbonyl (C=O) groups excluding carboxylic acids is 7. The molecule has 0 bridgehead atoms. The molecule has 6 amide bonds. The van der Waals surface area contributed by atoms with E-state index in [9.17, 15) is 43.5 Å². The number of hydrogen-bond donors (Lipinski definition) is 2. The number of carboxylic acid groups (broad SMARTS) is 1. The highest BCUT2D eigenvalue weighted by Crippen LogP contribution is 2.32. The molecular weight excluding hydrogens is 823 g/mol. The third-order valence-electron chi connectivity index (χ3n) is 13.5. The first-order chi connectivity index (χ1) is 30.1. The van der Waals surface area contributed by atoms with Crippen LogP contribution in [-0.4, -0.2) is 149 Å². The molecule has 356 valence electrons. The van der Waals surface area contributed by atoms with Gasteiger partial charge in [0.05, 0.1) is 42.2 Å². The zero-order chi connectivity index (χ0) is 48.1. The van der Waals surface area contributed by atoms with E-state index in [1.54, 1.807) is 68.9 Å². The number of imide groups is 1. The maximum Gasteiger partial charge on any atom is 0.326 e. The molecule has 0 unspecified atom stereocenters. The van der Waals surface area contributed by atoms with Crippen LogP contribution in [0.25, 0.3) is 0 Å². The van der Waals surface area contributed by atoms with Crippen molar-refractivity contribution in [3.8, 4) is 0 Å². The number of likely N-dealkylation sites (N-methyl/N-ethyl adjacent to an activating group) is 2. The quantitative estimate of drug-likeness (QED) is 0.0994. The second kappa shape index (κ2) is 24.4. The van der Waals surface area contributed by atoms with Crippen molar-refractivity contribution in [3.63, 3.8) is 0 Å². The van der Waals surface area contributed by atoms with Gasteiger partial charge in [0, 0.05) is 78.7 Å². The molecule has 16 nitrogen and oxygen atoms in total. The Hall–Kier alpha value is -4.96. The van der Waals surface area contributed by atoms with E-state index in [-0.39, 0.29) is 79.4 Å². The number of likely N-dealkylation sites (tertiary alicyclic amines) is 1. The molecule has 0 aromatic heterocycles. The number of carbonyl (C=O) groups is 8. The van der Waals surface area contributed by atoms with Crippen LogP contribution in [0.2, 0.25) is 0 Å². The van der Waals surface area contributed by atoms with Gasteiger partial charge in [-0.3, -0.25) is 38.5 Å². The zero-order valence-corrected chi connectivity index (χ0v) is 39.8. The molecule has 2 aliphatic heterocycles. The van der Waals surface area contributed by atoms with Crippen LogP contribution in [0.5, 0.6) is 0 Å². The van der Waals surface area contributed by atoms with Gasteiger partial charge < -0.3 is 34.6 Å². The lowest BCUT2D eigenvalue weighted by molar-refractivity contribution is -0.150. The summed E-state index contributed by atoms with van der Waals surface area (Å²) >= 11 is 0. The van der Waals surface area contributed by atoms with Crippen LogP contribution in [0.3, 0.4) is 0 Å². The number of unbranched alkanes of at least 4 members (excludes halogenated alkanes) is 1. The second-order valence-electron chi connectivity index (χ2n) is 18.3. The first-order valence-corrected chi connectivity index (χ1v) is 22.6. The molecule has 2 N–H and O–H groups in total. The molecule has 64 heavy (non-hydrogen) atoms. The number of aliphatic carboxylic acids is 1. The van der Waals surface area contributed by atoms with Gasteiger partial charge in [0.1, 0.15) is 6.04 Å². The van der Waals surface area contributed by atoms with Gasteiger partial charge in [-0.25, -0.2) is 4.79 Å². The van der Waals surface area contributed by atoms with Gasteiger partial charge in [0.2, 0.25) is 23.6 Å². The third-order valence-corrected chi connectivity index (χ3v) is 13.5. The minimum absolute atomic E-state index is 0.0679. The van der Waals surface area contributed by atoms with Gasteiger partial charge in [-0.1, -0.05) is 71.4 Å². The number of methoxy groups -OCH3 is 2. The molecule has 1 fully saturated rings. The molecule has 0 saturated carbocycles. The molecule has 3 rings (SSSR count). The Morgan fingerprint density at radius 2 is 1.55 bits per heavy atom. The number of carboxylic acids is 1. The largest absolute Gasteiger partial charge is 0.480 e. The number of ketones is 1. The molecule has 2 heterocycles. The van der Waals surface area contributed by atoms with Crippen LogP contribution < -0.4 is 5.32 Å². The van der Waals surface area contributed by atoms with E-state index in [2.05, 4.69) is 5.32 Å². The Bertz CT molecular complexity index is 1820. The summed E-state index contributed by atoms with van der Waals surface area (Å²) in [5, 5.41) is 12.6.